The van der Waals surface area contributed by atoms with Crippen molar-refractivity contribution in [2.75, 3.05) is 20.8 Å². The molecule has 2 aromatic rings. The molecule has 0 saturated carbocycles. The fourth-order valence-corrected chi connectivity index (χ4v) is 2.58. The van der Waals surface area contributed by atoms with Gasteiger partial charge in [0.1, 0.15) is 5.56 Å². The smallest absolute Gasteiger partial charge is 0.276 e. The van der Waals surface area contributed by atoms with Crippen LogP contribution in [0.3, 0.4) is 0 Å². The lowest BCUT2D eigenvalue weighted by atomic mass is 10.2. The van der Waals surface area contributed by atoms with E-state index in [0.717, 1.165) is 0 Å². The number of hydrazone groups is 1. The highest BCUT2D eigenvalue weighted by Crippen LogP contribution is 2.38. The zero-order valence-electron chi connectivity index (χ0n) is 16.7. The Bertz CT molecular complexity index is 893. The summed E-state index contributed by atoms with van der Waals surface area (Å²) < 4.78 is 17.7. The molecule has 0 saturated heterocycles. The molecule has 0 aliphatic heterocycles. The van der Waals surface area contributed by atoms with Gasteiger partial charge in [0.05, 0.1) is 27.0 Å². The highest BCUT2D eigenvalue weighted by molar-refractivity contribution is 5.94. The first kappa shape index (κ1) is 21.0. The van der Waals surface area contributed by atoms with Crippen LogP contribution >= 0.6 is 0 Å². The van der Waals surface area contributed by atoms with Crippen molar-refractivity contribution in [2.24, 2.45) is 5.10 Å². The molecule has 1 N–H and O–H groups in total. The number of rotatable bonds is 8. The Morgan fingerprint density at radius 3 is 2.43 bits per heavy atom. The van der Waals surface area contributed by atoms with Gasteiger partial charge in [-0.3, -0.25) is 9.59 Å². The lowest BCUT2D eigenvalue weighted by Gasteiger charge is -2.14. The third-order valence-electron chi connectivity index (χ3n) is 3.93. The molecule has 0 spiro atoms. The van der Waals surface area contributed by atoms with Gasteiger partial charge >= 0.3 is 0 Å². The fraction of sp³-hybridized carbons (Fsp3) is 0.350. The quantitative estimate of drug-likeness (QED) is 0.555. The van der Waals surface area contributed by atoms with E-state index in [4.69, 9.17) is 14.2 Å². The molecule has 0 fully saturated rings. The van der Waals surface area contributed by atoms with E-state index in [1.807, 2.05) is 20.8 Å². The minimum absolute atomic E-state index is 0.0233. The summed E-state index contributed by atoms with van der Waals surface area (Å²) in [5.41, 5.74) is 2.66. The van der Waals surface area contributed by atoms with Crippen molar-refractivity contribution in [1.29, 1.82) is 0 Å². The number of amides is 1. The van der Waals surface area contributed by atoms with Gasteiger partial charge in [-0.25, -0.2) is 5.43 Å². The maximum atomic E-state index is 12.4. The van der Waals surface area contributed by atoms with Crippen LogP contribution in [0.25, 0.3) is 0 Å². The van der Waals surface area contributed by atoms with Gasteiger partial charge in [-0.1, -0.05) is 0 Å². The van der Waals surface area contributed by atoms with Crippen LogP contribution in [-0.2, 0) is 0 Å². The van der Waals surface area contributed by atoms with E-state index in [9.17, 15) is 9.59 Å². The van der Waals surface area contributed by atoms with Crippen molar-refractivity contribution in [3.8, 4) is 17.2 Å². The Labute approximate surface area is 163 Å². The molecule has 1 aromatic carbocycles. The average Bonchev–Trinajstić information content (AvgIpc) is 2.68. The van der Waals surface area contributed by atoms with Crippen LogP contribution in [0.15, 0.2) is 40.4 Å². The second-order valence-corrected chi connectivity index (χ2v) is 6.11. The number of carbonyl (C=O) groups is 1. The number of carbonyl (C=O) groups excluding carboxylic acids is 1. The highest BCUT2D eigenvalue weighted by atomic mass is 16.5. The third kappa shape index (κ3) is 4.70. The molecule has 8 heteroatoms. The first-order chi connectivity index (χ1) is 13.4. The van der Waals surface area contributed by atoms with Crippen molar-refractivity contribution in [1.82, 2.24) is 9.99 Å². The summed E-state index contributed by atoms with van der Waals surface area (Å²) in [5.74, 6) is 0.877. The van der Waals surface area contributed by atoms with E-state index in [0.29, 0.717) is 29.4 Å². The third-order valence-corrected chi connectivity index (χ3v) is 3.93. The molecule has 2 rings (SSSR count). The van der Waals surface area contributed by atoms with Crippen LogP contribution in [0.1, 0.15) is 42.7 Å². The van der Waals surface area contributed by atoms with Gasteiger partial charge in [-0.2, -0.15) is 5.10 Å². The monoisotopic (exact) mass is 387 g/mol. The molecule has 0 bridgehead atoms. The average molecular weight is 387 g/mol. The second kappa shape index (κ2) is 9.59. The van der Waals surface area contributed by atoms with Crippen LogP contribution in [0.4, 0.5) is 0 Å². The van der Waals surface area contributed by atoms with Crippen LogP contribution in [-0.4, -0.2) is 37.5 Å². The fourth-order valence-electron chi connectivity index (χ4n) is 2.58. The predicted molar refractivity (Wildman–Crippen MR) is 107 cm³/mol. The largest absolute Gasteiger partial charge is 0.493 e. The van der Waals surface area contributed by atoms with Crippen molar-refractivity contribution < 1.29 is 19.0 Å². The molecule has 0 aliphatic carbocycles. The Morgan fingerprint density at radius 2 is 1.89 bits per heavy atom. The summed E-state index contributed by atoms with van der Waals surface area (Å²) >= 11 is 0. The number of methoxy groups -OCH3 is 2. The number of nitrogens with one attached hydrogen (secondary N) is 1. The SMILES string of the molecule is CCOc1c(OC)cc(/C=N\NC(=O)c2cccn(C(C)C)c2=O)cc1OC. The molecule has 0 unspecified atom stereocenters. The summed E-state index contributed by atoms with van der Waals surface area (Å²) in [6, 6.07) is 6.49. The summed E-state index contributed by atoms with van der Waals surface area (Å²) in [7, 11) is 3.05. The first-order valence-electron chi connectivity index (χ1n) is 8.86. The molecule has 1 heterocycles. The number of hydrogen-bond donors (Lipinski definition) is 1. The Kier molecular flexibility index (Phi) is 7.20. The van der Waals surface area contributed by atoms with E-state index >= 15 is 0 Å². The number of aromatic nitrogens is 1. The van der Waals surface area contributed by atoms with Crippen molar-refractivity contribution >= 4 is 12.1 Å². The Balaban J connectivity index is 2.22. The van der Waals surface area contributed by atoms with Gasteiger partial charge in [0.15, 0.2) is 11.5 Å². The molecule has 1 aromatic heterocycles. The minimum atomic E-state index is -0.582. The van der Waals surface area contributed by atoms with Gasteiger partial charge in [0.2, 0.25) is 5.75 Å². The van der Waals surface area contributed by atoms with Crippen LogP contribution < -0.4 is 25.2 Å². The van der Waals surface area contributed by atoms with Crippen molar-refractivity contribution in [3.05, 3.63) is 51.9 Å². The Morgan fingerprint density at radius 1 is 1.25 bits per heavy atom. The van der Waals surface area contributed by atoms with E-state index in [-0.39, 0.29) is 17.2 Å². The number of pyridine rings is 1. The molecule has 0 aliphatic rings. The summed E-state index contributed by atoms with van der Waals surface area (Å²) in [6.45, 7) is 6.06. The number of hydrogen-bond acceptors (Lipinski definition) is 6. The van der Waals surface area contributed by atoms with Gasteiger partial charge < -0.3 is 18.8 Å². The molecule has 1 amide bonds. The normalized spacial score (nSPS) is 10.9. The minimum Gasteiger partial charge on any atom is -0.493 e. The molecular weight excluding hydrogens is 362 g/mol. The molecule has 0 radical (unpaired) electrons. The van der Waals surface area contributed by atoms with E-state index < -0.39 is 5.91 Å². The molecule has 28 heavy (non-hydrogen) atoms. The molecule has 0 atom stereocenters. The van der Waals surface area contributed by atoms with Crippen molar-refractivity contribution in [2.45, 2.75) is 26.8 Å². The maximum absolute atomic E-state index is 12.4. The number of ether oxygens (including phenoxy) is 3. The lowest BCUT2D eigenvalue weighted by molar-refractivity contribution is 0.0953. The van der Waals surface area contributed by atoms with Crippen molar-refractivity contribution in [3.63, 3.8) is 0 Å². The van der Waals surface area contributed by atoms with Crippen LogP contribution in [0.5, 0.6) is 17.2 Å². The number of nitrogens with zero attached hydrogens (tertiary/aromatic N) is 2. The maximum Gasteiger partial charge on any atom is 0.276 e. The topological polar surface area (TPSA) is 91.1 Å². The van der Waals surface area contributed by atoms with Gasteiger partial charge in [0.25, 0.3) is 11.5 Å². The van der Waals surface area contributed by atoms with Gasteiger partial charge in [0, 0.05) is 17.8 Å². The first-order valence-corrected chi connectivity index (χ1v) is 8.86. The zero-order valence-corrected chi connectivity index (χ0v) is 16.7. The zero-order chi connectivity index (χ0) is 20.7. The second-order valence-electron chi connectivity index (χ2n) is 6.11. The van der Waals surface area contributed by atoms with E-state index in [1.54, 1.807) is 24.4 Å². The van der Waals surface area contributed by atoms with E-state index in [1.165, 1.54) is 31.1 Å². The highest BCUT2D eigenvalue weighted by Gasteiger charge is 2.14. The van der Waals surface area contributed by atoms with Gasteiger partial charge in [-0.05, 0) is 45.0 Å². The molecular formula is C20H25N3O5. The predicted octanol–water partition coefficient (Wildman–Crippen LogP) is 2.61. The lowest BCUT2D eigenvalue weighted by Crippen LogP contribution is -2.31. The Hall–Kier alpha value is -3.29. The molecule has 8 nitrogen and oxygen atoms in total. The summed E-state index contributed by atoms with van der Waals surface area (Å²) in [5, 5.41) is 3.94. The van der Waals surface area contributed by atoms with Crippen LogP contribution in [0.2, 0.25) is 0 Å². The molecule has 150 valence electrons. The van der Waals surface area contributed by atoms with Gasteiger partial charge in [-0.15, -0.1) is 0 Å². The summed E-state index contributed by atoms with van der Waals surface area (Å²) in [4.78, 5) is 24.7. The van der Waals surface area contributed by atoms with E-state index in [2.05, 4.69) is 10.5 Å². The summed E-state index contributed by atoms with van der Waals surface area (Å²) in [6.07, 6.45) is 3.08. The standard InChI is InChI=1S/C20H25N3O5/c1-6-28-18-16(26-4)10-14(11-17(18)27-5)12-21-22-19(24)15-8-7-9-23(13(2)3)20(15)25/h7-13H,6H2,1-5H3,(H,22,24)/b21-12-. The van der Waals surface area contributed by atoms with Crippen LogP contribution in [0, 0.1) is 0 Å². The number of benzene rings is 1.